The molecule has 0 saturated carbocycles. The van der Waals surface area contributed by atoms with Crippen molar-refractivity contribution in [1.82, 2.24) is 0 Å². The van der Waals surface area contributed by atoms with Gasteiger partial charge >= 0.3 is 12.1 Å². The third-order valence-corrected chi connectivity index (χ3v) is 0.817. The Morgan fingerprint density at radius 1 is 1.36 bits per heavy atom. The first-order chi connectivity index (χ1) is 5.16. The Kier molecular flexibility index (Phi) is 5.28. The largest absolute Gasteiger partial charge is 0.509 e. The van der Waals surface area contributed by atoms with Crippen molar-refractivity contribution in [2.24, 2.45) is 0 Å². The minimum absolute atomic E-state index is 0.203. The molecule has 0 unspecified atom stereocenters. The normalized spacial score (nSPS) is 8.82. The summed E-state index contributed by atoms with van der Waals surface area (Å²) in [5.74, 6) is -1.04. The van der Waals surface area contributed by atoms with Crippen molar-refractivity contribution in [3.8, 4) is 0 Å². The van der Waals surface area contributed by atoms with Gasteiger partial charge in [-0.25, -0.2) is 4.79 Å². The van der Waals surface area contributed by atoms with Crippen molar-refractivity contribution >= 4 is 23.7 Å². The highest BCUT2D eigenvalue weighted by Gasteiger charge is 2.03. The Bertz CT molecular complexity index is 146. The first kappa shape index (κ1) is 10.0. The van der Waals surface area contributed by atoms with Crippen LogP contribution < -0.4 is 0 Å². The quantitative estimate of drug-likeness (QED) is 0.515. The second-order valence-electron chi connectivity index (χ2n) is 1.50. The molecule has 0 spiro atoms. The monoisotopic (exact) mass is 182 g/mol. The first-order valence-electron chi connectivity index (χ1n) is 2.74. The number of aliphatic carboxylic acids is 1. The van der Waals surface area contributed by atoms with E-state index in [9.17, 15) is 9.59 Å². The Hall–Kier alpha value is -0.970. The summed E-state index contributed by atoms with van der Waals surface area (Å²) in [6.45, 7) is -0.203. The number of carbonyl (C=O) groups excluding carboxylic acids is 1. The van der Waals surface area contributed by atoms with Crippen LogP contribution >= 0.6 is 11.6 Å². The Morgan fingerprint density at radius 2 is 2.00 bits per heavy atom. The number of rotatable bonds is 4. The predicted molar refractivity (Wildman–Crippen MR) is 35.4 cm³/mol. The second-order valence-corrected chi connectivity index (χ2v) is 1.71. The lowest BCUT2D eigenvalue weighted by Gasteiger charge is -2.00. The lowest BCUT2D eigenvalue weighted by Crippen LogP contribution is -2.10. The smallest absolute Gasteiger partial charge is 0.481 e. The van der Waals surface area contributed by atoms with Crippen LogP contribution in [0.2, 0.25) is 0 Å². The summed E-state index contributed by atoms with van der Waals surface area (Å²) >= 11 is 5.00. The van der Waals surface area contributed by atoms with E-state index >= 15 is 0 Å². The third-order valence-electron chi connectivity index (χ3n) is 0.708. The van der Waals surface area contributed by atoms with Crippen LogP contribution in [0.25, 0.3) is 0 Å². The average molecular weight is 183 g/mol. The predicted octanol–water partition coefficient (Wildman–Crippen LogP) is 0.811. The van der Waals surface area contributed by atoms with Gasteiger partial charge in [-0.1, -0.05) is 11.6 Å². The zero-order valence-electron chi connectivity index (χ0n) is 5.58. The van der Waals surface area contributed by atoms with Gasteiger partial charge in [-0.2, -0.15) is 0 Å². The van der Waals surface area contributed by atoms with Gasteiger partial charge in [0.25, 0.3) is 0 Å². The molecule has 1 N–H and O–H groups in total. The van der Waals surface area contributed by atoms with Gasteiger partial charge in [0.05, 0.1) is 6.42 Å². The lowest BCUT2D eigenvalue weighted by atomic mass is 10.5. The number of hydrogen-bond donors (Lipinski definition) is 1. The van der Waals surface area contributed by atoms with E-state index in [0.29, 0.717) is 0 Å². The van der Waals surface area contributed by atoms with Crippen LogP contribution in [-0.4, -0.2) is 29.9 Å². The summed E-state index contributed by atoms with van der Waals surface area (Å²) in [6.07, 6.45) is -1.20. The molecule has 11 heavy (non-hydrogen) atoms. The molecule has 6 heteroatoms. The molecular formula is C5H7ClO5. The van der Waals surface area contributed by atoms with Gasteiger partial charge in [0, 0.05) is 0 Å². The Morgan fingerprint density at radius 3 is 2.45 bits per heavy atom. The van der Waals surface area contributed by atoms with Crippen molar-refractivity contribution in [2.75, 3.05) is 12.7 Å². The van der Waals surface area contributed by atoms with Gasteiger partial charge < -0.3 is 14.6 Å². The topological polar surface area (TPSA) is 72.8 Å². The van der Waals surface area contributed by atoms with Crippen molar-refractivity contribution in [1.29, 1.82) is 0 Å². The standard InChI is InChI=1S/C5H7ClO5/c6-3-11-5(9)10-2-1-4(7)8/h1-3H2,(H,7,8). The zero-order valence-corrected chi connectivity index (χ0v) is 6.34. The average Bonchev–Trinajstić information content (AvgIpc) is 1.87. The summed E-state index contributed by atoms with van der Waals surface area (Å²) in [4.78, 5) is 20.2. The molecule has 0 aromatic heterocycles. The highest BCUT2D eigenvalue weighted by molar-refractivity contribution is 6.17. The molecule has 0 aliphatic rings. The minimum Gasteiger partial charge on any atom is -0.481 e. The van der Waals surface area contributed by atoms with Crippen LogP contribution in [0, 0.1) is 0 Å². The maximum absolute atomic E-state index is 10.3. The fourth-order valence-electron chi connectivity index (χ4n) is 0.308. The van der Waals surface area contributed by atoms with Gasteiger partial charge in [-0.15, -0.1) is 0 Å². The van der Waals surface area contributed by atoms with E-state index < -0.39 is 12.1 Å². The van der Waals surface area contributed by atoms with Gasteiger partial charge in [0.2, 0.25) is 0 Å². The molecule has 5 nitrogen and oxygen atoms in total. The molecule has 0 bridgehead atoms. The number of carboxylic acids is 1. The summed E-state index contributed by atoms with van der Waals surface area (Å²) in [6, 6.07) is -0.300. The SMILES string of the molecule is O=C(O)CCOC(=O)OCCl. The van der Waals surface area contributed by atoms with Gasteiger partial charge in [-0.3, -0.25) is 4.79 Å². The zero-order chi connectivity index (χ0) is 8.69. The number of hydrogen-bond acceptors (Lipinski definition) is 4. The van der Waals surface area contributed by atoms with E-state index in [1.165, 1.54) is 0 Å². The van der Waals surface area contributed by atoms with E-state index in [1.54, 1.807) is 0 Å². The first-order valence-corrected chi connectivity index (χ1v) is 3.27. The molecule has 0 atom stereocenters. The number of carboxylic acid groups (broad SMARTS) is 1. The maximum Gasteiger partial charge on any atom is 0.509 e. The van der Waals surface area contributed by atoms with Crippen LogP contribution in [-0.2, 0) is 14.3 Å². The highest BCUT2D eigenvalue weighted by atomic mass is 35.5. The van der Waals surface area contributed by atoms with E-state index in [-0.39, 0.29) is 19.1 Å². The fourth-order valence-corrected chi connectivity index (χ4v) is 0.397. The van der Waals surface area contributed by atoms with Gasteiger partial charge in [-0.05, 0) is 0 Å². The van der Waals surface area contributed by atoms with Crippen molar-refractivity contribution in [2.45, 2.75) is 6.42 Å². The van der Waals surface area contributed by atoms with Gasteiger partial charge in [0.15, 0.2) is 6.07 Å². The maximum atomic E-state index is 10.3. The van der Waals surface area contributed by atoms with Crippen molar-refractivity contribution in [3.05, 3.63) is 0 Å². The minimum atomic E-state index is -1.04. The number of halogens is 1. The molecule has 0 aromatic carbocycles. The molecule has 0 amide bonds. The summed E-state index contributed by atoms with van der Waals surface area (Å²) in [5, 5.41) is 8.10. The molecule has 0 aromatic rings. The molecular weight excluding hydrogens is 176 g/mol. The van der Waals surface area contributed by atoms with E-state index in [2.05, 4.69) is 9.47 Å². The lowest BCUT2D eigenvalue weighted by molar-refractivity contribution is -0.137. The molecule has 0 saturated heterocycles. The highest BCUT2D eigenvalue weighted by Crippen LogP contribution is 1.89. The summed E-state index contributed by atoms with van der Waals surface area (Å²) in [5.41, 5.74) is 0. The van der Waals surface area contributed by atoms with E-state index in [4.69, 9.17) is 16.7 Å². The molecule has 64 valence electrons. The molecule has 0 radical (unpaired) electrons. The molecule has 0 aliphatic heterocycles. The third kappa shape index (κ3) is 6.92. The number of ether oxygens (including phenoxy) is 2. The van der Waals surface area contributed by atoms with Crippen LogP contribution in [0.3, 0.4) is 0 Å². The van der Waals surface area contributed by atoms with E-state index in [0.717, 1.165) is 0 Å². The van der Waals surface area contributed by atoms with Crippen LogP contribution in [0.4, 0.5) is 4.79 Å². The molecule has 0 aliphatic carbocycles. The van der Waals surface area contributed by atoms with E-state index in [1.807, 2.05) is 0 Å². The van der Waals surface area contributed by atoms with Crippen LogP contribution in [0.5, 0.6) is 0 Å². The van der Waals surface area contributed by atoms with Crippen molar-refractivity contribution < 1.29 is 24.2 Å². The molecule has 0 rings (SSSR count). The van der Waals surface area contributed by atoms with Crippen molar-refractivity contribution in [3.63, 3.8) is 0 Å². The summed E-state index contributed by atoms with van der Waals surface area (Å²) < 4.78 is 8.40. The molecule has 0 fully saturated rings. The van der Waals surface area contributed by atoms with Crippen LogP contribution in [0.15, 0.2) is 0 Å². The number of carbonyl (C=O) groups is 2. The molecule has 0 heterocycles. The summed E-state index contributed by atoms with van der Waals surface area (Å²) in [7, 11) is 0. The Balaban J connectivity index is 3.24. The van der Waals surface area contributed by atoms with Crippen LogP contribution in [0.1, 0.15) is 6.42 Å². The second kappa shape index (κ2) is 5.79. The number of alkyl halides is 1. The fraction of sp³-hybridized carbons (Fsp3) is 0.600. The Labute approximate surface area is 67.8 Å². The van der Waals surface area contributed by atoms with Gasteiger partial charge in [0.1, 0.15) is 6.61 Å².